The number of nitrogens with zero attached hydrogens (tertiary/aromatic N) is 4. The van der Waals surface area contributed by atoms with Crippen LogP contribution in [0, 0.1) is 5.92 Å². The second-order valence-corrected chi connectivity index (χ2v) is 9.75. The number of anilines is 1. The highest BCUT2D eigenvalue weighted by Crippen LogP contribution is 2.26. The number of thioether (sulfide) groups is 1. The topological polar surface area (TPSA) is 81.5 Å². The summed E-state index contributed by atoms with van der Waals surface area (Å²) in [6, 6.07) is 18.0. The highest BCUT2D eigenvalue weighted by molar-refractivity contribution is 7.99. The molecule has 0 bridgehead atoms. The van der Waals surface area contributed by atoms with Crippen LogP contribution in [0.5, 0.6) is 5.75 Å². The average molecular weight is 496 g/mol. The van der Waals surface area contributed by atoms with E-state index in [9.17, 15) is 4.79 Å². The van der Waals surface area contributed by atoms with Crippen LogP contribution in [-0.4, -0.2) is 59.8 Å². The lowest BCUT2D eigenvalue weighted by atomic mass is 9.96. The van der Waals surface area contributed by atoms with Crippen LogP contribution in [-0.2, 0) is 16.1 Å². The number of carbonyl (C=O) groups excluding carboxylic acids is 1. The van der Waals surface area contributed by atoms with E-state index in [-0.39, 0.29) is 23.6 Å². The van der Waals surface area contributed by atoms with Crippen molar-refractivity contribution in [2.24, 2.45) is 5.92 Å². The molecule has 0 spiro atoms. The van der Waals surface area contributed by atoms with Gasteiger partial charge in [-0.1, -0.05) is 68.1 Å². The zero-order valence-electron chi connectivity index (χ0n) is 20.5. The molecule has 1 fully saturated rings. The Morgan fingerprint density at radius 2 is 1.80 bits per heavy atom. The molecule has 8 nitrogen and oxygen atoms in total. The summed E-state index contributed by atoms with van der Waals surface area (Å²) in [6.45, 7) is 7.74. The fourth-order valence-electron chi connectivity index (χ4n) is 4.08. The molecule has 2 aromatic carbocycles. The molecule has 4 rings (SSSR count). The predicted octanol–water partition coefficient (Wildman–Crippen LogP) is 3.78. The average Bonchev–Trinajstić information content (AvgIpc) is 3.29. The minimum atomic E-state index is -0.0832. The number of morpholine rings is 1. The standard InChI is InChI=1S/C26H33N5O3S/c1-19(2)24(21-9-11-22(33-3)12-10-21)27-23(32)18-35-26-29-28-25(30-13-15-34-16-14-30)31(26)17-20-7-5-4-6-8-20/h4-12,19,24H,13-18H2,1-3H3,(H,27,32). The van der Waals surface area contributed by atoms with Gasteiger partial charge in [0.15, 0.2) is 5.16 Å². The van der Waals surface area contributed by atoms with E-state index in [0.717, 1.165) is 41.1 Å². The molecule has 1 saturated heterocycles. The predicted molar refractivity (Wildman–Crippen MR) is 138 cm³/mol. The zero-order chi connectivity index (χ0) is 24.6. The first kappa shape index (κ1) is 25.1. The van der Waals surface area contributed by atoms with E-state index in [1.165, 1.54) is 11.8 Å². The summed E-state index contributed by atoms with van der Waals surface area (Å²) >= 11 is 1.41. The molecule has 1 aliphatic heterocycles. The van der Waals surface area contributed by atoms with Gasteiger partial charge in [0, 0.05) is 13.1 Å². The van der Waals surface area contributed by atoms with Crippen molar-refractivity contribution in [3.8, 4) is 5.75 Å². The van der Waals surface area contributed by atoms with E-state index < -0.39 is 0 Å². The number of rotatable bonds is 10. The number of carbonyl (C=O) groups is 1. The van der Waals surface area contributed by atoms with Gasteiger partial charge in [-0.05, 0) is 29.2 Å². The van der Waals surface area contributed by atoms with E-state index in [2.05, 4.69) is 51.0 Å². The molecule has 0 saturated carbocycles. The van der Waals surface area contributed by atoms with Gasteiger partial charge >= 0.3 is 0 Å². The first-order valence-electron chi connectivity index (χ1n) is 11.9. The molecule has 0 aliphatic carbocycles. The number of hydrogen-bond acceptors (Lipinski definition) is 7. The number of methoxy groups -OCH3 is 1. The fourth-order valence-corrected chi connectivity index (χ4v) is 4.82. The smallest absolute Gasteiger partial charge is 0.230 e. The highest BCUT2D eigenvalue weighted by atomic mass is 32.2. The van der Waals surface area contributed by atoms with Crippen LogP contribution in [0.1, 0.15) is 31.0 Å². The van der Waals surface area contributed by atoms with Gasteiger partial charge in [0.2, 0.25) is 11.9 Å². The third kappa shape index (κ3) is 6.55. The maximum absolute atomic E-state index is 13.0. The van der Waals surface area contributed by atoms with Gasteiger partial charge in [-0.15, -0.1) is 10.2 Å². The molecule has 2 heterocycles. The van der Waals surface area contributed by atoms with Crippen molar-refractivity contribution in [1.29, 1.82) is 0 Å². The van der Waals surface area contributed by atoms with Crippen molar-refractivity contribution < 1.29 is 14.3 Å². The summed E-state index contributed by atoms with van der Waals surface area (Å²) in [7, 11) is 1.65. The van der Waals surface area contributed by atoms with Crippen molar-refractivity contribution in [2.75, 3.05) is 44.1 Å². The van der Waals surface area contributed by atoms with E-state index in [1.54, 1.807) is 7.11 Å². The molecule has 1 aromatic heterocycles. The summed E-state index contributed by atoms with van der Waals surface area (Å²) in [5.41, 5.74) is 2.22. The highest BCUT2D eigenvalue weighted by Gasteiger charge is 2.23. The first-order valence-corrected chi connectivity index (χ1v) is 12.9. The lowest BCUT2D eigenvalue weighted by Crippen LogP contribution is -2.38. The van der Waals surface area contributed by atoms with Crippen LogP contribution in [0.2, 0.25) is 0 Å². The van der Waals surface area contributed by atoms with Crippen LogP contribution >= 0.6 is 11.8 Å². The van der Waals surface area contributed by atoms with Gasteiger partial charge in [-0.2, -0.15) is 0 Å². The van der Waals surface area contributed by atoms with Gasteiger partial charge < -0.3 is 19.7 Å². The molecular weight excluding hydrogens is 462 g/mol. The van der Waals surface area contributed by atoms with Gasteiger partial charge in [0.25, 0.3) is 0 Å². The SMILES string of the molecule is COc1ccc(C(NC(=O)CSc2nnc(N3CCOCC3)n2Cc2ccccc2)C(C)C)cc1. The quantitative estimate of drug-likeness (QED) is 0.429. The fraction of sp³-hybridized carbons (Fsp3) is 0.423. The number of benzene rings is 2. The Morgan fingerprint density at radius 1 is 1.09 bits per heavy atom. The second kappa shape index (κ2) is 12.1. The van der Waals surface area contributed by atoms with Crippen LogP contribution in [0.25, 0.3) is 0 Å². The molecule has 3 aromatic rings. The van der Waals surface area contributed by atoms with Crippen molar-refractivity contribution in [2.45, 2.75) is 31.6 Å². The van der Waals surface area contributed by atoms with Crippen molar-refractivity contribution >= 4 is 23.6 Å². The van der Waals surface area contributed by atoms with E-state index in [1.807, 2.05) is 42.5 Å². The molecule has 1 unspecified atom stereocenters. The number of nitrogens with one attached hydrogen (secondary N) is 1. The first-order chi connectivity index (χ1) is 17.0. The van der Waals surface area contributed by atoms with Gasteiger partial charge in [0.1, 0.15) is 5.75 Å². The van der Waals surface area contributed by atoms with Gasteiger partial charge in [-0.3, -0.25) is 9.36 Å². The number of hydrogen-bond donors (Lipinski definition) is 1. The lowest BCUT2D eigenvalue weighted by Gasteiger charge is -2.28. The van der Waals surface area contributed by atoms with Gasteiger partial charge in [0.05, 0.1) is 38.7 Å². The maximum Gasteiger partial charge on any atom is 0.230 e. The van der Waals surface area contributed by atoms with Gasteiger partial charge in [-0.25, -0.2) is 0 Å². The summed E-state index contributed by atoms with van der Waals surface area (Å²) in [5.74, 6) is 2.08. The third-order valence-corrected chi connectivity index (χ3v) is 6.93. The van der Waals surface area contributed by atoms with Crippen molar-refractivity contribution in [1.82, 2.24) is 20.1 Å². The van der Waals surface area contributed by atoms with Crippen LogP contribution in [0.4, 0.5) is 5.95 Å². The molecule has 9 heteroatoms. The Morgan fingerprint density at radius 3 is 2.46 bits per heavy atom. The normalized spacial score (nSPS) is 14.7. The summed E-state index contributed by atoms with van der Waals surface area (Å²) in [6.07, 6.45) is 0. The van der Waals surface area contributed by atoms with Crippen LogP contribution in [0.3, 0.4) is 0 Å². The largest absolute Gasteiger partial charge is 0.497 e. The molecule has 0 radical (unpaired) electrons. The maximum atomic E-state index is 13.0. The third-order valence-electron chi connectivity index (χ3n) is 5.97. The second-order valence-electron chi connectivity index (χ2n) is 8.80. The van der Waals surface area contributed by atoms with E-state index in [4.69, 9.17) is 9.47 Å². The Balaban J connectivity index is 1.46. The Labute approximate surface area is 211 Å². The zero-order valence-corrected chi connectivity index (χ0v) is 21.3. The molecule has 35 heavy (non-hydrogen) atoms. The molecule has 1 atom stereocenters. The summed E-state index contributed by atoms with van der Waals surface area (Å²) in [5, 5.41) is 12.9. The Bertz CT molecular complexity index is 1080. The van der Waals surface area contributed by atoms with E-state index >= 15 is 0 Å². The summed E-state index contributed by atoms with van der Waals surface area (Å²) in [4.78, 5) is 15.2. The molecule has 186 valence electrons. The molecule has 1 aliphatic rings. The molecule has 1 amide bonds. The number of aromatic nitrogens is 3. The van der Waals surface area contributed by atoms with Crippen LogP contribution in [0.15, 0.2) is 59.8 Å². The number of amides is 1. The number of ether oxygens (including phenoxy) is 2. The molecule has 1 N–H and O–H groups in total. The van der Waals surface area contributed by atoms with E-state index in [0.29, 0.717) is 19.8 Å². The van der Waals surface area contributed by atoms with Crippen molar-refractivity contribution in [3.05, 3.63) is 65.7 Å². The minimum absolute atomic E-state index is 0.0355. The molecular formula is C26H33N5O3S. The Kier molecular flexibility index (Phi) is 8.65. The minimum Gasteiger partial charge on any atom is -0.497 e. The van der Waals surface area contributed by atoms with Crippen LogP contribution < -0.4 is 15.0 Å². The Hall–Kier alpha value is -3.04. The summed E-state index contributed by atoms with van der Waals surface area (Å²) < 4.78 is 12.9. The monoisotopic (exact) mass is 495 g/mol. The lowest BCUT2D eigenvalue weighted by molar-refractivity contribution is -0.119. The van der Waals surface area contributed by atoms with Crippen molar-refractivity contribution in [3.63, 3.8) is 0 Å².